The summed E-state index contributed by atoms with van der Waals surface area (Å²) in [6.07, 6.45) is 0. The molecule has 1 heterocycles. The van der Waals surface area contributed by atoms with E-state index in [0.717, 1.165) is 11.3 Å². The molecule has 1 atom stereocenters. The van der Waals surface area contributed by atoms with Crippen LogP contribution < -0.4 is 19.9 Å². The molecule has 0 saturated heterocycles. The van der Waals surface area contributed by atoms with Crippen LogP contribution in [0.5, 0.6) is 17.2 Å². The van der Waals surface area contributed by atoms with E-state index in [9.17, 15) is 4.79 Å². The number of carbonyl (C=O) groups is 1. The SMILES string of the molecule is N[C@H](C(=O)O)c1ccc(OCc2ccc3c(c2)OCO3)cc1. The average molecular weight is 301 g/mol. The molecule has 3 rings (SSSR count). The molecule has 0 bridgehead atoms. The number of fused-ring (bicyclic) bond motifs is 1. The summed E-state index contributed by atoms with van der Waals surface area (Å²) in [6.45, 7) is 0.617. The summed E-state index contributed by atoms with van der Waals surface area (Å²) in [5.41, 5.74) is 7.02. The lowest BCUT2D eigenvalue weighted by Crippen LogP contribution is -2.20. The average Bonchev–Trinajstić information content (AvgIpc) is 3.00. The van der Waals surface area contributed by atoms with E-state index in [-0.39, 0.29) is 6.79 Å². The van der Waals surface area contributed by atoms with Crippen molar-refractivity contribution in [3.05, 3.63) is 53.6 Å². The quantitative estimate of drug-likeness (QED) is 0.878. The standard InChI is InChI=1S/C16H15NO5/c17-15(16(18)19)11-2-4-12(5-3-11)20-8-10-1-6-13-14(7-10)22-9-21-13/h1-7,15H,8-9,17H2,(H,18,19)/t15-/m0/s1. The molecule has 3 N–H and O–H groups in total. The fourth-order valence-corrected chi connectivity index (χ4v) is 2.11. The van der Waals surface area contributed by atoms with E-state index in [4.69, 9.17) is 25.1 Å². The van der Waals surface area contributed by atoms with Crippen LogP contribution in [0, 0.1) is 0 Å². The Hall–Kier alpha value is -2.73. The number of rotatable bonds is 5. The summed E-state index contributed by atoms with van der Waals surface area (Å²) in [5.74, 6) is 1.02. The highest BCUT2D eigenvalue weighted by atomic mass is 16.7. The number of carboxylic acid groups (broad SMARTS) is 1. The maximum absolute atomic E-state index is 10.8. The van der Waals surface area contributed by atoms with Crippen LogP contribution in [0.1, 0.15) is 17.2 Å². The zero-order valence-corrected chi connectivity index (χ0v) is 11.7. The second kappa shape index (κ2) is 5.95. The highest BCUT2D eigenvalue weighted by Gasteiger charge is 2.14. The molecule has 0 radical (unpaired) electrons. The number of hydrogen-bond donors (Lipinski definition) is 2. The first kappa shape index (κ1) is 14.2. The van der Waals surface area contributed by atoms with Crippen molar-refractivity contribution in [2.75, 3.05) is 6.79 Å². The monoisotopic (exact) mass is 301 g/mol. The maximum atomic E-state index is 10.8. The van der Waals surface area contributed by atoms with E-state index in [2.05, 4.69) is 0 Å². The zero-order chi connectivity index (χ0) is 15.5. The van der Waals surface area contributed by atoms with E-state index in [1.54, 1.807) is 24.3 Å². The lowest BCUT2D eigenvalue weighted by Gasteiger charge is -2.10. The van der Waals surface area contributed by atoms with Gasteiger partial charge in [-0.1, -0.05) is 18.2 Å². The fraction of sp³-hybridized carbons (Fsp3) is 0.188. The van der Waals surface area contributed by atoms with Crippen molar-refractivity contribution in [1.29, 1.82) is 0 Å². The van der Waals surface area contributed by atoms with Gasteiger partial charge in [-0.15, -0.1) is 0 Å². The van der Waals surface area contributed by atoms with Gasteiger partial charge >= 0.3 is 5.97 Å². The van der Waals surface area contributed by atoms with Crippen LogP contribution in [-0.4, -0.2) is 17.9 Å². The summed E-state index contributed by atoms with van der Waals surface area (Å²) < 4.78 is 16.2. The van der Waals surface area contributed by atoms with Crippen molar-refractivity contribution >= 4 is 5.97 Å². The Balaban J connectivity index is 1.63. The van der Waals surface area contributed by atoms with Crippen molar-refractivity contribution in [2.45, 2.75) is 12.6 Å². The van der Waals surface area contributed by atoms with Crippen LogP contribution in [0.25, 0.3) is 0 Å². The molecule has 1 aliphatic rings. The van der Waals surface area contributed by atoms with Gasteiger partial charge in [-0.3, -0.25) is 4.79 Å². The summed E-state index contributed by atoms with van der Waals surface area (Å²) in [7, 11) is 0. The first-order valence-electron chi connectivity index (χ1n) is 6.73. The van der Waals surface area contributed by atoms with E-state index in [1.165, 1.54) is 0 Å². The van der Waals surface area contributed by atoms with Gasteiger partial charge in [0.1, 0.15) is 18.4 Å². The molecular weight excluding hydrogens is 286 g/mol. The highest BCUT2D eigenvalue weighted by Crippen LogP contribution is 2.32. The minimum atomic E-state index is -1.06. The predicted molar refractivity (Wildman–Crippen MR) is 77.9 cm³/mol. The summed E-state index contributed by atoms with van der Waals surface area (Å²) >= 11 is 0. The Kier molecular flexibility index (Phi) is 3.84. The summed E-state index contributed by atoms with van der Waals surface area (Å²) in [4.78, 5) is 10.8. The molecule has 0 amide bonds. The van der Waals surface area contributed by atoms with E-state index in [1.807, 2.05) is 18.2 Å². The minimum Gasteiger partial charge on any atom is -0.489 e. The molecule has 0 fully saturated rings. The number of benzene rings is 2. The smallest absolute Gasteiger partial charge is 0.325 e. The van der Waals surface area contributed by atoms with Crippen LogP contribution in [0.2, 0.25) is 0 Å². The van der Waals surface area contributed by atoms with Crippen LogP contribution in [0.15, 0.2) is 42.5 Å². The van der Waals surface area contributed by atoms with Gasteiger partial charge in [0.05, 0.1) is 0 Å². The van der Waals surface area contributed by atoms with E-state index in [0.29, 0.717) is 23.7 Å². The van der Waals surface area contributed by atoms with Gasteiger partial charge in [0.2, 0.25) is 6.79 Å². The van der Waals surface area contributed by atoms with Gasteiger partial charge in [-0.25, -0.2) is 0 Å². The third-order valence-corrected chi connectivity index (χ3v) is 3.35. The number of carboxylic acids is 1. The topological polar surface area (TPSA) is 91.0 Å². The molecule has 6 nitrogen and oxygen atoms in total. The number of aliphatic carboxylic acids is 1. The lowest BCUT2D eigenvalue weighted by atomic mass is 10.1. The normalized spacial score (nSPS) is 13.7. The van der Waals surface area contributed by atoms with Crippen molar-refractivity contribution in [3.8, 4) is 17.2 Å². The van der Waals surface area contributed by atoms with Gasteiger partial charge in [0.15, 0.2) is 11.5 Å². The Morgan fingerprint density at radius 1 is 1.18 bits per heavy atom. The van der Waals surface area contributed by atoms with Gasteiger partial charge in [-0.2, -0.15) is 0 Å². The molecule has 0 aliphatic carbocycles. The van der Waals surface area contributed by atoms with Crippen molar-refractivity contribution in [3.63, 3.8) is 0 Å². The number of nitrogens with two attached hydrogens (primary N) is 1. The van der Waals surface area contributed by atoms with Crippen molar-refractivity contribution in [1.82, 2.24) is 0 Å². The molecule has 0 aromatic heterocycles. The van der Waals surface area contributed by atoms with Crippen LogP contribution in [0.4, 0.5) is 0 Å². The minimum absolute atomic E-state index is 0.241. The second-order valence-electron chi connectivity index (χ2n) is 4.86. The molecule has 2 aromatic rings. The van der Waals surface area contributed by atoms with Crippen LogP contribution in [0.3, 0.4) is 0 Å². The van der Waals surface area contributed by atoms with E-state index < -0.39 is 12.0 Å². The van der Waals surface area contributed by atoms with Crippen molar-refractivity contribution < 1.29 is 24.1 Å². The Labute approximate surface area is 127 Å². The lowest BCUT2D eigenvalue weighted by molar-refractivity contribution is -0.138. The number of ether oxygens (including phenoxy) is 3. The van der Waals surface area contributed by atoms with Gasteiger partial charge < -0.3 is 25.1 Å². The largest absolute Gasteiger partial charge is 0.489 e. The molecule has 0 saturated carbocycles. The highest BCUT2D eigenvalue weighted by molar-refractivity contribution is 5.75. The van der Waals surface area contributed by atoms with Gasteiger partial charge in [0.25, 0.3) is 0 Å². The molecular formula is C16H15NO5. The zero-order valence-electron chi connectivity index (χ0n) is 11.7. The van der Waals surface area contributed by atoms with Crippen LogP contribution >= 0.6 is 0 Å². The van der Waals surface area contributed by atoms with Gasteiger partial charge in [-0.05, 0) is 35.4 Å². The molecule has 22 heavy (non-hydrogen) atoms. The first-order valence-corrected chi connectivity index (χ1v) is 6.73. The molecule has 2 aromatic carbocycles. The molecule has 114 valence electrons. The maximum Gasteiger partial charge on any atom is 0.325 e. The first-order chi connectivity index (χ1) is 10.6. The third-order valence-electron chi connectivity index (χ3n) is 3.35. The third kappa shape index (κ3) is 2.96. The summed E-state index contributed by atoms with van der Waals surface area (Å²) in [5, 5.41) is 8.86. The number of hydrogen-bond acceptors (Lipinski definition) is 5. The van der Waals surface area contributed by atoms with E-state index >= 15 is 0 Å². The molecule has 6 heteroatoms. The van der Waals surface area contributed by atoms with Crippen LogP contribution in [-0.2, 0) is 11.4 Å². The predicted octanol–water partition coefficient (Wildman–Crippen LogP) is 2.08. The molecule has 1 aliphatic heterocycles. The molecule has 0 spiro atoms. The molecule has 0 unspecified atom stereocenters. The Morgan fingerprint density at radius 2 is 1.91 bits per heavy atom. The fourth-order valence-electron chi connectivity index (χ4n) is 2.11. The summed E-state index contributed by atoms with van der Waals surface area (Å²) in [6, 6.07) is 11.3. The second-order valence-corrected chi connectivity index (χ2v) is 4.86. The van der Waals surface area contributed by atoms with Crippen molar-refractivity contribution in [2.24, 2.45) is 5.73 Å². The Morgan fingerprint density at radius 3 is 2.64 bits per heavy atom. The Bertz CT molecular complexity index is 683. The van der Waals surface area contributed by atoms with Gasteiger partial charge in [0, 0.05) is 0 Å².